The number of nitrogens with zero attached hydrogens (tertiary/aromatic N) is 1. The topological polar surface area (TPSA) is 58.6 Å². The summed E-state index contributed by atoms with van der Waals surface area (Å²) in [4.78, 5) is 25.5. The highest BCUT2D eigenvalue weighted by Gasteiger charge is 2.18. The Kier molecular flexibility index (Phi) is 6.11. The van der Waals surface area contributed by atoms with E-state index in [1.807, 2.05) is 6.07 Å². The lowest BCUT2D eigenvalue weighted by atomic mass is 10.1. The van der Waals surface area contributed by atoms with E-state index in [-0.39, 0.29) is 24.2 Å². The summed E-state index contributed by atoms with van der Waals surface area (Å²) in [6.45, 7) is 1.84. The standard InChI is InChI=1S/C19H21FN2O3/c1-13(19(24)22(2)3)21-18(23)15-7-4-6-14(10-15)12-25-17-9-5-8-16(20)11-17/h4-11,13H,12H2,1-3H3,(H,21,23). The number of benzene rings is 2. The molecule has 2 aromatic rings. The molecule has 2 aromatic carbocycles. The molecule has 0 bridgehead atoms. The van der Waals surface area contributed by atoms with E-state index in [2.05, 4.69) is 5.32 Å². The molecule has 5 nitrogen and oxygen atoms in total. The number of hydrogen-bond acceptors (Lipinski definition) is 3. The second-order valence-corrected chi connectivity index (χ2v) is 5.87. The fourth-order valence-corrected chi connectivity index (χ4v) is 2.25. The molecule has 0 saturated heterocycles. The molecule has 0 radical (unpaired) electrons. The maximum atomic E-state index is 13.1. The zero-order chi connectivity index (χ0) is 18.4. The monoisotopic (exact) mass is 344 g/mol. The molecular weight excluding hydrogens is 323 g/mol. The third-order valence-electron chi connectivity index (χ3n) is 3.55. The Morgan fingerprint density at radius 1 is 1.16 bits per heavy atom. The second-order valence-electron chi connectivity index (χ2n) is 5.87. The molecule has 6 heteroatoms. The van der Waals surface area contributed by atoms with Crippen LogP contribution in [0.2, 0.25) is 0 Å². The minimum absolute atomic E-state index is 0.182. The summed E-state index contributed by atoms with van der Waals surface area (Å²) in [5.74, 6) is -0.473. The van der Waals surface area contributed by atoms with E-state index in [1.54, 1.807) is 51.4 Å². The van der Waals surface area contributed by atoms with Crippen molar-refractivity contribution in [3.8, 4) is 5.75 Å². The fraction of sp³-hybridized carbons (Fsp3) is 0.263. The van der Waals surface area contributed by atoms with Crippen LogP contribution >= 0.6 is 0 Å². The van der Waals surface area contributed by atoms with Gasteiger partial charge in [-0.3, -0.25) is 9.59 Å². The van der Waals surface area contributed by atoms with E-state index in [0.717, 1.165) is 5.56 Å². The van der Waals surface area contributed by atoms with Crippen molar-refractivity contribution in [2.45, 2.75) is 19.6 Å². The number of rotatable bonds is 6. The van der Waals surface area contributed by atoms with Gasteiger partial charge < -0.3 is 15.0 Å². The first kappa shape index (κ1) is 18.4. The van der Waals surface area contributed by atoms with E-state index >= 15 is 0 Å². The highest BCUT2D eigenvalue weighted by Crippen LogP contribution is 2.15. The van der Waals surface area contributed by atoms with Crippen LogP contribution in [0, 0.1) is 5.82 Å². The van der Waals surface area contributed by atoms with Crippen LogP contribution in [-0.4, -0.2) is 36.9 Å². The Morgan fingerprint density at radius 3 is 2.56 bits per heavy atom. The molecule has 0 fully saturated rings. The molecule has 1 N–H and O–H groups in total. The van der Waals surface area contributed by atoms with Gasteiger partial charge in [-0.2, -0.15) is 0 Å². The van der Waals surface area contributed by atoms with Gasteiger partial charge in [0, 0.05) is 25.7 Å². The van der Waals surface area contributed by atoms with Crippen molar-refractivity contribution < 1.29 is 18.7 Å². The normalized spacial score (nSPS) is 11.5. The summed E-state index contributed by atoms with van der Waals surface area (Å²) < 4.78 is 18.7. The third kappa shape index (κ3) is 5.31. The van der Waals surface area contributed by atoms with Crippen molar-refractivity contribution >= 4 is 11.8 Å². The van der Waals surface area contributed by atoms with Crippen LogP contribution in [-0.2, 0) is 11.4 Å². The molecule has 25 heavy (non-hydrogen) atoms. The molecule has 2 rings (SSSR count). The molecule has 0 spiro atoms. The zero-order valence-electron chi connectivity index (χ0n) is 14.5. The molecule has 2 amide bonds. The maximum absolute atomic E-state index is 13.1. The first-order valence-electron chi connectivity index (χ1n) is 7.86. The van der Waals surface area contributed by atoms with Crippen LogP contribution in [0.1, 0.15) is 22.8 Å². The molecule has 132 valence electrons. The number of ether oxygens (including phenoxy) is 1. The number of carbonyl (C=O) groups excluding carboxylic acids is 2. The molecule has 0 saturated carbocycles. The summed E-state index contributed by atoms with van der Waals surface area (Å²) in [7, 11) is 3.27. The van der Waals surface area contributed by atoms with Gasteiger partial charge in [0.25, 0.3) is 5.91 Å². The van der Waals surface area contributed by atoms with E-state index < -0.39 is 6.04 Å². The predicted octanol–water partition coefficient (Wildman–Crippen LogP) is 2.61. The second kappa shape index (κ2) is 8.28. The van der Waals surface area contributed by atoms with Crippen LogP contribution in [0.4, 0.5) is 4.39 Å². The van der Waals surface area contributed by atoms with Gasteiger partial charge in [-0.15, -0.1) is 0 Å². The van der Waals surface area contributed by atoms with Crippen molar-refractivity contribution in [1.82, 2.24) is 10.2 Å². The third-order valence-corrected chi connectivity index (χ3v) is 3.55. The average molecular weight is 344 g/mol. The Labute approximate surface area is 146 Å². The number of likely N-dealkylation sites (N-methyl/N-ethyl adjacent to an activating group) is 1. The Bertz CT molecular complexity index is 762. The largest absolute Gasteiger partial charge is 0.489 e. The highest BCUT2D eigenvalue weighted by molar-refractivity contribution is 5.97. The van der Waals surface area contributed by atoms with Crippen molar-refractivity contribution in [3.05, 3.63) is 65.5 Å². The average Bonchev–Trinajstić information content (AvgIpc) is 2.59. The molecule has 1 atom stereocenters. The summed E-state index contributed by atoms with van der Waals surface area (Å²) >= 11 is 0. The molecule has 0 aromatic heterocycles. The first-order valence-corrected chi connectivity index (χ1v) is 7.86. The number of amides is 2. The summed E-state index contributed by atoms with van der Waals surface area (Å²) in [5.41, 5.74) is 1.20. The Hall–Kier alpha value is -2.89. The Balaban J connectivity index is 2.00. The summed E-state index contributed by atoms with van der Waals surface area (Å²) in [5, 5.41) is 2.67. The quantitative estimate of drug-likeness (QED) is 0.876. The van der Waals surface area contributed by atoms with Crippen LogP contribution in [0.15, 0.2) is 48.5 Å². The van der Waals surface area contributed by atoms with Gasteiger partial charge in [-0.05, 0) is 36.8 Å². The lowest BCUT2D eigenvalue weighted by Gasteiger charge is -2.18. The number of nitrogens with one attached hydrogen (secondary N) is 1. The van der Waals surface area contributed by atoms with Crippen molar-refractivity contribution in [2.24, 2.45) is 0 Å². The van der Waals surface area contributed by atoms with Crippen LogP contribution in [0.3, 0.4) is 0 Å². The van der Waals surface area contributed by atoms with Gasteiger partial charge in [0.1, 0.15) is 24.2 Å². The predicted molar refractivity (Wildman–Crippen MR) is 92.8 cm³/mol. The van der Waals surface area contributed by atoms with Crippen molar-refractivity contribution in [3.63, 3.8) is 0 Å². The number of hydrogen-bond donors (Lipinski definition) is 1. The number of carbonyl (C=O) groups is 2. The SMILES string of the molecule is CC(NC(=O)c1cccc(COc2cccc(F)c2)c1)C(=O)N(C)C. The fourth-order valence-electron chi connectivity index (χ4n) is 2.25. The van der Waals surface area contributed by atoms with Gasteiger partial charge in [-0.1, -0.05) is 18.2 Å². The van der Waals surface area contributed by atoms with E-state index in [9.17, 15) is 14.0 Å². The van der Waals surface area contributed by atoms with Crippen molar-refractivity contribution in [1.29, 1.82) is 0 Å². The number of halogens is 1. The van der Waals surface area contributed by atoms with E-state index in [0.29, 0.717) is 11.3 Å². The summed E-state index contributed by atoms with van der Waals surface area (Å²) in [6, 6.07) is 12.1. The lowest BCUT2D eigenvalue weighted by Crippen LogP contribution is -2.44. The van der Waals surface area contributed by atoms with Gasteiger partial charge >= 0.3 is 0 Å². The van der Waals surface area contributed by atoms with Gasteiger partial charge in [0.05, 0.1) is 0 Å². The lowest BCUT2D eigenvalue weighted by molar-refractivity contribution is -0.130. The van der Waals surface area contributed by atoms with Gasteiger partial charge in [0.2, 0.25) is 5.91 Å². The van der Waals surface area contributed by atoms with Crippen LogP contribution in [0.5, 0.6) is 5.75 Å². The zero-order valence-corrected chi connectivity index (χ0v) is 14.5. The van der Waals surface area contributed by atoms with Gasteiger partial charge in [-0.25, -0.2) is 4.39 Å². The van der Waals surface area contributed by atoms with Crippen LogP contribution in [0.25, 0.3) is 0 Å². The molecule has 0 aliphatic rings. The molecule has 1 unspecified atom stereocenters. The molecule has 0 aliphatic carbocycles. The molecular formula is C19H21FN2O3. The van der Waals surface area contributed by atoms with E-state index in [1.165, 1.54) is 17.0 Å². The molecule has 0 heterocycles. The first-order chi connectivity index (χ1) is 11.9. The minimum atomic E-state index is -0.616. The maximum Gasteiger partial charge on any atom is 0.251 e. The summed E-state index contributed by atoms with van der Waals surface area (Å²) in [6.07, 6.45) is 0. The smallest absolute Gasteiger partial charge is 0.251 e. The van der Waals surface area contributed by atoms with E-state index in [4.69, 9.17) is 4.74 Å². The highest BCUT2D eigenvalue weighted by atomic mass is 19.1. The Morgan fingerprint density at radius 2 is 1.88 bits per heavy atom. The molecule has 0 aliphatic heterocycles. The minimum Gasteiger partial charge on any atom is -0.489 e. The van der Waals surface area contributed by atoms with Crippen molar-refractivity contribution in [2.75, 3.05) is 14.1 Å². The van der Waals surface area contributed by atoms with Gasteiger partial charge in [0.15, 0.2) is 0 Å². The van der Waals surface area contributed by atoms with Crippen LogP contribution < -0.4 is 10.1 Å².